The molecule has 22 rings (SSSR count). The lowest BCUT2D eigenvalue weighted by Crippen LogP contribution is -2.08. The monoisotopic (exact) mass is 1340 g/mol. The van der Waals surface area contributed by atoms with Crippen LogP contribution in [0.4, 0.5) is 0 Å². The Kier molecular flexibility index (Phi) is 11.2. The Morgan fingerprint density at radius 1 is 0.260 bits per heavy atom. The van der Waals surface area contributed by atoms with Crippen LogP contribution in [0.2, 0.25) is 0 Å². The molecule has 0 bridgehead atoms. The summed E-state index contributed by atoms with van der Waals surface area (Å²) in [7, 11) is 0. The highest BCUT2D eigenvalue weighted by Crippen LogP contribution is 2.52. The van der Waals surface area contributed by atoms with E-state index in [-0.39, 0.29) is 0 Å². The number of benzene rings is 14. The number of rotatable bonds is 5. The number of hydrogen-bond acceptors (Lipinski definition) is 8. The maximum absolute atomic E-state index is 11.8. The molecule has 14 aromatic carbocycles. The molecule has 0 atom stereocenters. The van der Waals surface area contributed by atoms with Crippen LogP contribution in [0.25, 0.3) is 202 Å². The highest BCUT2D eigenvalue weighted by atomic mass is 32.1. The summed E-state index contributed by atoms with van der Waals surface area (Å²) in [5.41, 5.74) is 14.4. The molecule has 0 N–H and O–H groups in total. The molecule has 0 radical (unpaired) electrons. The molecular weight excluding hydrogens is 1300 g/mol. The number of nitrogens with zero attached hydrogens (tertiary/aromatic N) is 8. The van der Waals surface area contributed by atoms with Crippen molar-refractivity contribution in [3.63, 3.8) is 0 Å². The fourth-order valence-electron chi connectivity index (χ4n) is 16.8. The number of nitriles is 4. The van der Waals surface area contributed by atoms with Crippen LogP contribution in [0.3, 0.4) is 0 Å². The SMILES string of the molecule is N#Cc1cc(-n2c3ccccc3c3ccc4c5ccccc5sc4c32)c(C#N)c(-n2c3ccccc3c3ccc4c5cc(-c6cccc7sc8c(ccc9c%10ccccc%10n(-c%10c(C#N)ccc(C#N)c%10-n%10c%11ccccc%11c%11ccc%12c%13ccccc%13sc%12c%11%10)c98)c67)ccc5sc4c32)c1. The van der Waals surface area contributed by atoms with Crippen molar-refractivity contribution >= 4 is 213 Å². The Morgan fingerprint density at radius 2 is 0.630 bits per heavy atom. The smallest absolute Gasteiger partial charge is 0.104 e. The van der Waals surface area contributed by atoms with E-state index in [1.54, 1.807) is 45.3 Å². The summed E-state index contributed by atoms with van der Waals surface area (Å²) in [4.78, 5) is 0. The number of aromatic nitrogens is 4. The summed E-state index contributed by atoms with van der Waals surface area (Å²) >= 11 is 7.04. The molecule has 12 heteroatoms. The average molecular weight is 1340 g/mol. The van der Waals surface area contributed by atoms with E-state index in [1.165, 1.54) is 20.2 Å². The Bertz CT molecular complexity index is 7730. The first-order valence-corrected chi connectivity index (χ1v) is 36.1. The van der Waals surface area contributed by atoms with Crippen molar-refractivity contribution < 1.29 is 0 Å². The minimum absolute atomic E-state index is 0.452. The first kappa shape index (κ1) is 55.3. The zero-order valence-corrected chi connectivity index (χ0v) is 55.7. The normalized spacial score (nSPS) is 12.2. The molecule has 0 aliphatic rings. The van der Waals surface area contributed by atoms with E-state index in [0.717, 1.165) is 159 Å². The molecule has 0 unspecified atom stereocenters. The number of thiophene rings is 4. The standard InChI is InChI=1S/C88H42N8S4/c89-43-47-40-72(93-68-21-7-1-14-52(68)58-31-35-62-56-18-5-11-25-74(56)97-85(62)81(58)93)67(46-92)73(41-47)94-69-22-8-2-15-53(69)59-33-37-64-66-42-48(30-39-76(66)99-87(64)82(59)94)51-20-13-27-77-78(51)65-38-34-61-55-17-4-10-24-71(55)96(84(61)88(65)100-77)80-50(45-91)29-28-49(44-90)79(80)95-70-23-9-3-16-54(70)60-32-36-63-57-19-6-12-26-75(57)98-86(63)83(60)95/h1-42H. The maximum atomic E-state index is 11.8. The molecule has 0 amide bonds. The first-order valence-electron chi connectivity index (χ1n) is 32.9. The van der Waals surface area contributed by atoms with Gasteiger partial charge < -0.3 is 18.3 Å². The van der Waals surface area contributed by atoms with Crippen LogP contribution in [-0.2, 0) is 0 Å². The Balaban J connectivity index is 0.766. The zero-order valence-electron chi connectivity index (χ0n) is 52.5. The van der Waals surface area contributed by atoms with Crippen LogP contribution >= 0.6 is 45.3 Å². The third-order valence-electron chi connectivity index (χ3n) is 20.9. The second-order valence-corrected chi connectivity index (χ2v) is 30.0. The molecule has 0 saturated heterocycles. The van der Waals surface area contributed by atoms with E-state index in [4.69, 9.17) is 0 Å². The van der Waals surface area contributed by atoms with Crippen molar-refractivity contribution in [3.8, 4) is 58.2 Å². The molecule has 8 nitrogen and oxygen atoms in total. The summed E-state index contributed by atoms with van der Waals surface area (Å²) in [6.07, 6.45) is 0. The van der Waals surface area contributed by atoms with Gasteiger partial charge in [-0.2, -0.15) is 21.0 Å². The third-order valence-corrected chi connectivity index (χ3v) is 25.7. The predicted octanol–water partition coefficient (Wildman–Crippen LogP) is 24.7. The van der Waals surface area contributed by atoms with Crippen LogP contribution in [0.5, 0.6) is 0 Å². The van der Waals surface area contributed by atoms with Crippen molar-refractivity contribution in [1.82, 2.24) is 18.3 Å². The molecule has 0 fully saturated rings. The van der Waals surface area contributed by atoms with Crippen molar-refractivity contribution in [2.75, 3.05) is 0 Å². The largest absolute Gasteiger partial charge is 0.306 e. The molecule has 0 spiro atoms. The minimum Gasteiger partial charge on any atom is -0.306 e. The maximum Gasteiger partial charge on any atom is 0.104 e. The Hall–Kier alpha value is -12.9. The molecule has 458 valence electrons. The van der Waals surface area contributed by atoms with E-state index in [9.17, 15) is 21.0 Å². The summed E-state index contributed by atoms with van der Waals surface area (Å²) in [6.45, 7) is 0. The molecule has 0 aliphatic heterocycles. The molecule has 22 aromatic rings. The van der Waals surface area contributed by atoms with Crippen molar-refractivity contribution in [2.45, 2.75) is 0 Å². The summed E-state index contributed by atoms with van der Waals surface area (Å²) in [6, 6.07) is 100. The molecule has 100 heavy (non-hydrogen) atoms. The predicted molar refractivity (Wildman–Crippen MR) is 420 cm³/mol. The topological polar surface area (TPSA) is 115 Å². The fraction of sp³-hybridized carbons (Fsp3) is 0. The van der Waals surface area contributed by atoms with E-state index < -0.39 is 0 Å². The van der Waals surface area contributed by atoms with Gasteiger partial charge in [0.15, 0.2) is 0 Å². The molecule has 8 aromatic heterocycles. The minimum atomic E-state index is 0.452. The van der Waals surface area contributed by atoms with Gasteiger partial charge in [0.25, 0.3) is 0 Å². The van der Waals surface area contributed by atoms with E-state index in [0.29, 0.717) is 45.0 Å². The van der Waals surface area contributed by atoms with Gasteiger partial charge in [-0.15, -0.1) is 45.3 Å². The van der Waals surface area contributed by atoms with Gasteiger partial charge in [0.1, 0.15) is 23.8 Å². The Labute approximate surface area is 583 Å². The number of fused-ring (bicyclic) bond motifs is 28. The van der Waals surface area contributed by atoms with Crippen molar-refractivity contribution in [3.05, 3.63) is 277 Å². The van der Waals surface area contributed by atoms with Crippen LogP contribution in [-0.4, -0.2) is 18.3 Å². The van der Waals surface area contributed by atoms with Crippen molar-refractivity contribution in [2.24, 2.45) is 0 Å². The van der Waals surface area contributed by atoms with Gasteiger partial charge in [-0.1, -0.05) is 176 Å². The van der Waals surface area contributed by atoms with E-state index >= 15 is 0 Å². The molecular formula is C88H42N8S4. The summed E-state index contributed by atoms with van der Waals surface area (Å²) in [5.74, 6) is 0. The number of hydrogen-bond donors (Lipinski definition) is 0. The lowest BCUT2D eigenvalue weighted by molar-refractivity contribution is 1.09. The van der Waals surface area contributed by atoms with Gasteiger partial charge >= 0.3 is 0 Å². The van der Waals surface area contributed by atoms with Crippen LogP contribution in [0.1, 0.15) is 22.3 Å². The number of para-hydroxylation sites is 4. The van der Waals surface area contributed by atoms with Gasteiger partial charge in [0.05, 0.1) is 108 Å². The van der Waals surface area contributed by atoms with Crippen LogP contribution in [0, 0.1) is 45.3 Å². The van der Waals surface area contributed by atoms with Crippen LogP contribution in [0.15, 0.2) is 255 Å². The van der Waals surface area contributed by atoms with E-state index in [2.05, 4.69) is 273 Å². The van der Waals surface area contributed by atoms with Gasteiger partial charge in [-0.3, -0.25) is 0 Å². The second kappa shape index (κ2) is 20.3. The quantitative estimate of drug-likeness (QED) is 0.171. The first-order chi connectivity index (χ1) is 49.5. The summed E-state index contributed by atoms with van der Waals surface area (Å²) < 4.78 is 18.1. The lowest BCUT2D eigenvalue weighted by Gasteiger charge is -2.19. The molecule has 0 aliphatic carbocycles. The molecule has 0 saturated carbocycles. The van der Waals surface area contributed by atoms with Gasteiger partial charge in [-0.05, 0) is 90.0 Å². The average Bonchev–Trinajstić information content (AvgIpc) is 1.55. The third kappa shape index (κ3) is 7.21. The van der Waals surface area contributed by atoms with Crippen molar-refractivity contribution in [1.29, 1.82) is 21.0 Å². The lowest BCUT2D eigenvalue weighted by atomic mass is 9.97. The highest BCUT2D eigenvalue weighted by Gasteiger charge is 2.30. The highest BCUT2D eigenvalue weighted by molar-refractivity contribution is 7.28. The van der Waals surface area contributed by atoms with Gasteiger partial charge in [0, 0.05) is 105 Å². The van der Waals surface area contributed by atoms with Gasteiger partial charge in [0.2, 0.25) is 0 Å². The zero-order chi connectivity index (χ0) is 65.9. The van der Waals surface area contributed by atoms with Crippen LogP contribution < -0.4 is 0 Å². The fourth-order valence-corrected chi connectivity index (χ4v) is 21.8. The Morgan fingerprint density at radius 3 is 1.09 bits per heavy atom. The second-order valence-electron chi connectivity index (χ2n) is 25.7. The summed E-state index contributed by atoms with van der Waals surface area (Å²) in [5, 5.41) is 63.6. The van der Waals surface area contributed by atoms with Gasteiger partial charge in [-0.25, -0.2) is 0 Å². The molecule has 8 heterocycles. The van der Waals surface area contributed by atoms with E-state index in [1.807, 2.05) is 24.3 Å².